The van der Waals surface area contributed by atoms with Crippen molar-refractivity contribution in [1.29, 1.82) is 0 Å². The van der Waals surface area contributed by atoms with Gasteiger partial charge in [0.15, 0.2) is 5.69 Å². The Hall–Kier alpha value is -1.65. The zero-order valence-electron chi connectivity index (χ0n) is 9.37. The Bertz CT molecular complexity index is 358. The van der Waals surface area contributed by atoms with Crippen molar-refractivity contribution in [2.24, 2.45) is 0 Å². The van der Waals surface area contributed by atoms with E-state index >= 15 is 0 Å². The van der Waals surface area contributed by atoms with Crippen LogP contribution < -0.4 is 5.32 Å². The zero-order valence-corrected chi connectivity index (χ0v) is 9.37. The Kier molecular flexibility index (Phi) is 3.24. The summed E-state index contributed by atoms with van der Waals surface area (Å²) in [5.41, 5.74) is 0.0791. The van der Waals surface area contributed by atoms with Crippen LogP contribution in [0.1, 0.15) is 31.3 Å². The SMILES string of the molecule is COC(=O)c1cncc(NC(C)(C)C)n1. The predicted molar refractivity (Wildman–Crippen MR) is 56.7 cm³/mol. The molecule has 5 nitrogen and oxygen atoms in total. The van der Waals surface area contributed by atoms with Crippen molar-refractivity contribution in [2.45, 2.75) is 26.3 Å². The molecule has 1 aromatic rings. The van der Waals surface area contributed by atoms with E-state index in [2.05, 4.69) is 20.0 Å². The van der Waals surface area contributed by atoms with Gasteiger partial charge in [-0.3, -0.25) is 4.98 Å². The number of aromatic nitrogens is 2. The van der Waals surface area contributed by atoms with E-state index in [0.29, 0.717) is 5.82 Å². The van der Waals surface area contributed by atoms with Gasteiger partial charge >= 0.3 is 5.97 Å². The van der Waals surface area contributed by atoms with Crippen LogP contribution in [0.15, 0.2) is 12.4 Å². The Morgan fingerprint density at radius 1 is 1.40 bits per heavy atom. The highest BCUT2D eigenvalue weighted by atomic mass is 16.5. The Morgan fingerprint density at radius 3 is 2.60 bits per heavy atom. The standard InChI is InChI=1S/C10H15N3O2/c1-10(2,3)13-8-6-11-5-7(12-8)9(14)15-4/h5-6H,1-4H3,(H,12,13). The number of hydrogen-bond donors (Lipinski definition) is 1. The molecule has 82 valence electrons. The number of esters is 1. The van der Waals surface area contributed by atoms with E-state index in [1.807, 2.05) is 20.8 Å². The molecule has 0 radical (unpaired) electrons. The van der Waals surface area contributed by atoms with E-state index in [1.54, 1.807) is 6.20 Å². The Balaban J connectivity index is 2.88. The van der Waals surface area contributed by atoms with Crippen LogP contribution in [0.4, 0.5) is 5.82 Å². The monoisotopic (exact) mass is 209 g/mol. The van der Waals surface area contributed by atoms with Crippen molar-refractivity contribution >= 4 is 11.8 Å². The first-order valence-electron chi connectivity index (χ1n) is 4.61. The topological polar surface area (TPSA) is 64.1 Å². The molecule has 0 aromatic carbocycles. The van der Waals surface area contributed by atoms with E-state index in [-0.39, 0.29) is 11.2 Å². The first-order valence-corrected chi connectivity index (χ1v) is 4.61. The van der Waals surface area contributed by atoms with Crippen molar-refractivity contribution in [3.63, 3.8) is 0 Å². The second-order valence-electron chi connectivity index (χ2n) is 4.16. The van der Waals surface area contributed by atoms with E-state index in [4.69, 9.17) is 0 Å². The second kappa shape index (κ2) is 4.25. The van der Waals surface area contributed by atoms with Crippen molar-refractivity contribution in [2.75, 3.05) is 12.4 Å². The Morgan fingerprint density at radius 2 is 2.07 bits per heavy atom. The van der Waals surface area contributed by atoms with Gasteiger partial charge < -0.3 is 10.1 Å². The smallest absolute Gasteiger partial charge is 0.358 e. The van der Waals surface area contributed by atoms with E-state index < -0.39 is 5.97 Å². The van der Waals surface area contributed by atoms with E-state index in [9.17, 15) is 4.79 Å². The van der Waals surface area contributed by atoms with Crippen LogP contribution in [0.3, 0.4) is 0 Å². The minimum absolute atomic E-state index is 0.122. The maximum atomic E-state index is 11.2. The second-order valence-corrected chi connectivity index (χ2v) is 4.16. The van der Waals surface area contributed by atoms with Gasteiger partial charge in [0, 0.05) is 5.54 Å². The number of methoxy groups -OCH3 is 1. The molecular weight excluding hydrogens is 194 g/mol. The molecule has 0 amide bonds. The number of ether oxygens (including phenoxy) is 1. The fourth-order valence-corrected chi connectivity index (χ4v) is 1.01. The van der Waals surface area contributed by atoms with Gasteiger partial charge in [0.05, 0.1) is 19.5 Å². The molecule has 0 aliphatic rings. The summed E-state index contributed by atoms with van der Waals surface area (Å²) < 4.78 is 4.55. The fraction of sp³-hybridized carbons (Fsp3) is 0.500. The predicted octanol–water partition coefficient (Wildman–Crippen LogP) is 1.47. The Labute approximate surface area is 88.9 Å². The van der Waals surface area contributed by atoms with Gasteiger partial charge in [-0.2, -0.15) is 0 Å². The molecule has 0 unspecified atom stereocenters. The first-order chi connectivity index (χ1) is 6.92. The zero-order chi connectivity index (χ0) is 11.5. The van der Waals surface area contributed by atoms with Gasteiger partial charge in [-0.15, -0.1) is 0 Å². The average molecular weight is 209 g/mol. The number of anilines is 1. The van der Waals surface area contributed by atoms with Crippen molar-refractivity contribution in [3.8, 4) is 0 Å². The molecule has 0 saturated heterocycles. The highest BCUT2D eigenvalue weighted by molar-refractivity contribution is 5.87. The number of nitrogens with one attached hydrogen (secondary N) is 1. The summed E-state index contributed by atoms with van der Waals surface area (Å²) >= 11 is 0. The summed E-state index contributed by atoms with van der Waals surface area (Å²) in [5, 5.41) is 3.12. The number of hydrogen-bond acceptors (Lipinski definition) is 5. The molecule has 1 rings (SSSR count). The lowest BCUT2D eigenvalue weighted by atomic mass is 10.1. The van der Waals surface area contributed by atoms with Gasteiger partial charge in [0.1, 0.15) is 5.82 Å². The third-order valence-electron chi connectivity index (χ3n) is 1.53. The molecule has 0 saturated carbocycles. The normalized spacial score (nSPS) is 10.9. The maximum absolute atomic E-state index is 11.2. The fourth-order valence-electron chi connectivity index (χ4n) is 1.01. The van der Waals surface area contributed by atoms with Crippen molar-refractivity contribution < 1.29 is 9.53 Å². The van der Waals surface area contributed by atoms with Crippen LogP contribution in [0.5, 0.6) is 0 Å². The largest absolute Gasteiger partial charge is 0.464 e. The molecule has 0 bridgehead atoms. The maximum Gasteiger partial charge on any atom is 0.358 e. The molecule has 0 aliphatic carbocycles. The number of rotatable bonds is 2. The molecule has 0 fully saturated rings. The van der Waals surface area contributed by atoms with Crippen LogP contribution in [0, 0.1) is 0 Å². The van der Waals surface area contributed by atoms with Crippen molar-refractivity contribution in [3.05, 3.63) is 18.1 Å². The minimum atomic E-state index is -0.486. The molecule has 0 spiro atoms. The highest BCUT2D eigenvalue weighted by Gasteiger charge is 2.13. The van der Waals surface area contributed by atoms with Gasteiger partial charge in [0.25, 0.3) is 0 Å². The number of carbonyl (C=O) groups excluding carboxylic acids is 1. The number of carbonyl (C=O) groups is 1. The molecule has 15 heavy (non-hydrogen) atoms. The molecule has 5 heteroatoms. The summed E-state index contributed by atoms with van der Waals surface area (Å²) in [5.74, 6) is 0.0745. The third-order valence-corrected chi connectivity index (χ3v) is 1.53. The summed E-state index contributed by atoms with van der Waals surface area (Å²) in [6, 6.07) is 0. The lowest BCUT2D eigenvalue weighted by Gasteiger charge is -2.20. The molecule has 1 aromatic heterocycles. The van der Waals surface area contributed by atoms with Gasteiger partial charge in [0.2, 0.25) is 0 Å². The van der Waals surface area contributed by atoms with E-state index in [1.165, 1.54) is 13.3 Å². The molecule has 0 aliphatic heterocycles. The average Bonchev–Trinajstić information content (AvgIpc) is 2.14. The van der Waals surface area contributed by atoms with Crippen LogP contribution >= 0.6 is 0 Å². The first kappa shape index (κ1) is 11.4. The number of nitrogens with zero attached hydrogens (tertiary/aromatic N) is 2. The third kappa shape index (κ3) is 3.53. The molecule has 1 heterocycles. The molecular formula is C10H15N3O2. The van der Waals surface area contributed by atoms with Crippen molar-refractivity contribution in [1.82, 2.24) is 9.97 Å². The minimum Gasteiger partial charge on any atom is -0.464 e. The van der Waals surface area contributed by atoms with Gasteiger partial charge in [-0.1, -0.05) is 0 Å². The molecule has 0 atom stereocenters. The van der Waals surface area contributed by atoms with Gasteiger partial charge in [-0.25, -0.2) is 9.78 Å². The van der Waals surface area contributed by atoms with Crippen LogP contribution in [0.2, 0.25) is 0 Å². The lowest BCUT2D eigenvalue weighted by molar-refractivity contribution is 0.0593. The highest BCUT2D eigenvalue weighted by Crippen LogP contribution is 2.11. The molecule has 1 N–H and O–H groups in total. The summed E-state index contributed by atoms with van der Waals surface area (Å²) in [6.45, 7) is 6.00. The van der Waals surface area contributed by atoms with Crippen LogP contribution in [-0.4, -0.2) is 28.6 Å². The lowest BCUT2D eigenvalue weighted by Crippen LogP contribution is -2.27. The quantitative estimate of drug-likeness (QED) is 0.747. The van der Waals surface area contributed by atoms with Gasteiger partial charge in [-0.05, 0) is 20.8 Å². The summed E-state index contributed by atoms with van der Waals surface area (Å²) in [4.78, 5) is 19.2. The van der Waals surface area contributed by atoms with Crippen LogP contribution in [-0.2, 0) is 4.74 Å². The van der Waals surface area contributed by atoms with E-state index in [0.717, 1.165) is 0 Å². The van der Waals surface area contributed by atoms with Crippen LogP contribution in [0.25, 0.3) is 0 Å². The summed E-state index contributed by atoms with van der Waals surface area (Å²) in [6.07, 6.45) is 2.94. The summed E-state index contributed by atoms with van der Waals surface area (Å²) in [7, 11) is 1.31.